The summed E-state index contributed by atoms with van der Waals surface area (Å²) in [7, 11) is 1.91. The maximum atomic E-state index is 12.5. The van der Waals surface area contributed by atoms with E-state index in [1.165, 1.54) is 0 Å². The summed E-state index contributed by atoms with van der Waals surface area (Å²) in [6, 6.07) is 8.01. The summed E-state index contributed by atoms with van der Waals surface area (Å²) in [6.07, 6.45) is 2.04. The molecule has 0 spiro atoms. The van der Waals surface area contributed by atoms with Gasteiger partial charge in [0.2, 0.25) is 5.91 Å². The van der Waals surface area contributed by atoms with Crippen LogP contribution in [0.4, 0.5) is 11.4 Å². The molecule has 0 bridgehead atoms. The second kappa shape index (κ2) is 6.57. The van der Waals surface area contributed by atoms with Crippen molar-refractivity contribution in [2.45, 2.75) is 18.9 Å². The Labute approximate surface area is 137 Å². The highest BCUT2D eigenvalue weighted by molar-refractivity contribution is 6.03. The van der Waals surface area contributed by atoms with Crippen molar-refractivity contribution < 1.29 is 4.79 Å². The van der Waals surface area contributed by atoms with Crippen LogP contribution in [0.5, 0.6) is 0 Å². The highest BCUT2D eigenvalue weighted by atomic mass is 16.2. The first-order valence-corrected chi connectivity index (χ1v) is 8.12. The zero-order chi connectivity index (χ0) is 16.4. The number of benzene rings is 1. The Bertz CT molecular complexity index is 630. The van der Waals surface area contributed by atoms with Gasteiger partial charge in [0.15, 0.2) is 0 Å². The number of hydrogen-bond donors (Lipinski definition) is 1. The van der Waals surface area contributed by atoms with Gasteiger partial charge in [-0.25, -0.2) is 0 Å². The van der Waals surface area contributed by atoms with Crippen LogP contribution >= 0.6 is 0 Å². The molecule has 0 saturated carbocycles. The average molecular weight is 313 g/mol. The Balaban J connectivity index is 1.75. The molecule has 122 valence electrons. The standard InChI is InChI=1S/C17H23N5O/c1-20-12-17(23)22(9-8-21-6-4-14(19)5-7-21)16-10-13(11-18)2-3-15(16)20/h2-3,10,14H,4-9,12,19H2,1H3. The first kappa shape index (κ1) is 15.8. The van der Waals surface area contributed by atoms with Crippen molar-refractivity contribution in [2.75, 3.05) is 49.6 Å². The molecular weight excluding hydrogens is 290 g/mol. The van der Waals surface area contributed by atoms with Gasteiger partial charge >= 0.3 is 0 Å². The molecule has 0 atom stereocenters. The van der Waals surface area contributed by atoms with E-state index in [1.807, 2.05) is 29.0 Å². The van der Waals surface area contributed by atoms with Crippen LogP contribution in [0.25, 0.3) is 0 Å². The SMILES string of the molecule is CN1CC(=O)N(CCN2CCC(N)CC2)c2cc(C#N)ccc21. The summed E-state index contributed by atoms with van der Waals surface area (Å²) in [5, 5.41) is 9.13. The van der Waals surface area contributed by atoms with Gasteiger partial charge in [-0.1, -0.05) is 0 Å². The molecule has 1 aromatic rings. The highest BCUT2D eigenvalue weighted by Gasteiger charge is 2.28. The van der Waals surface area contributed by atoms with Crippen LogP contribution < -0.4 is 15.5 Å². The molecule has 6 nitrogen and oxygen atoms in total. The predicted octanol–water partition coefficient (Wildman–Crippen LogP) is 0.764. The molecule has 1 fully saturated rings. The molecule has 3 rings (SSSR count). The van der Waals surface area contributed by atoms with Crippen molar-refractivity contribution in [3.63, 3.8) is 0 Å². The maximum absolute atomic E-state index is 12.5. The number of likely N-dealkylation sites (tertiary alicyclic amines) is 1. The van der Waals surface area contributed by atoms with Gasteiger partial charge in [-0.15, -0.1) is 0 Å². The summed E-state index contributed by atoms with van der Waals surface area (Å²) < 4.78 is 0. The topological polar surface area (TPSA) is 76.6 Å². The molecule has 0 unspecified atom stereocenters. The van der Waals surface area contributed by atoms with E-state index < -0.39 is 0 Å². The Hall–Kier alpha value is -2.10. The monoisotopic (exact) mass is 313 g/mol. The van der Waals surface area contributed by atoms with Gasteiger partial charge in [0.1, 0.15) is 0 Å². The first-order valence-electron chi connectivity index (χ1n) is 8.12. The fourth-order valence-corrected chi connectivity index (χ4v) is 3.30. The molecule has 0 aromatic heterocycles. The zero-order valence-electron chi connectivity index (χ0n) is 13.5. The summed E-state index contributed by atoms with van der Waals surface area (Å²) in [5.74, 6) is 0.0869. The number of rotatable bonds is 3. The number of nitriles is 1. The fourth-order valence-electron chi connectivity index (χ4n) is 3.30. The van der Waals surface area contributed by atoms with Gasteiger partial charge in [0.05, 0.1) is 29.6 Å². The maximum Gasteiger partial charge on any atom is 0.246 e. The number of piperidine rings is 1. The molecule has 2 aliphatic rings. The number of carbonyl (C=O) groups excluding carboxylic acids is 1. The molecule has 1 amide bonds. The van der Waals surface area contributed by atoms with Gasteiger partial charge in [-0.05, 0) is 44.1 Å². The normalized spacial score (nSPS) is 19.6. The van der Waals surface area contributed by atoms with Gasteiger partial charge in [0.25, 0.3) is 0 Å². The summed E-state index contributed by atoms with van der Waals surface area (Å²) in [5.41, 5.74) is 8.37. The molecule has 2 heterocycles. The lowest BCUT2D eigenvalue weighted by Crippen LogP contribution is -2.48. The minimum absolute atomic E-state index is 0.0869. The van der Waals surface area contributed by atoms with Crippen LogP contribution in [-0.4, -0.2) is 56.6 Å². The lowest BCUT2D eigenvalue weighted by Gasteiger charge is -2.37. The third kappa shape index (κ3) is 3.31. The largest absolute Gasteiger partial charge is 0.364 e. The van der Waals surface area contributed by atoms with Crippen molar-refractivity contribution in [3.8, 4) is 6.07 Å². The molecule has 6 heteroatoms. The van der Waals surface area contributed by atoms with E-state index in [-0.39, 0.29) is 5.91 Å². The van der Waals surface area contributed by atoms with Crippen molar-refractivity contribution in [1.82, 2.24) is 4.90 Å². The number of likely N-dealkylation sites (N-methyl/N-ethyl adjacent to an activating group) is 1. The van der Waals surface area contributed by atoms with Crippen molar-refractivity contribution >= 4 is 17.3 Å². The van der Waals surface area contributed by atoms with E-state index in [0.717, 1.165) is 43.9 Å². The van der Waals surface area contributed by atoms with E-state index in [0.29, 0.717) is 24.7 Å². The number of nitrogens with zero attached hydrogens (tertiary/aromatic N) is 4. The number of fused-ring (bicyclic) bond motifs is 1. The number of hydrogen-bond acceptors (Lipinski definition) is 5. The predicted molar refractivity (Wildman–Crippen MR) is 90.4 cm³/mol. The summed E-state index contributed by atoms with van der Waals surface area (Å²) in [6.45, 7) is 3.87. The van der Waals surface area contributed by atoms with Crippen LogP contribution in [0.2, 0.25) is 0 Å². The number of carbonyl (C=O) groups is 1. The molecule has 0 aliphatic carbocycles. The van der Waals surface area contributed by atoms with Crippen LogP contribution in [-0.2, 0) is 4.79 Å². The molecule has 2 aliphatic heterocycles. The average Bonchev–Trinajstić information content (AvgIpc) is 2.55. The Morgan fingerprint density at radius 2 is 2.00 bits per heavy atom. The van der Waals surface area contributed by atoms with E-state index in [9.17, 15) is 4.79 Å². The van der Waals surface area contributed by atoms with Gasteiger partial charge in [-0.2, -0.15) is 5.26 Å². The van der Waals surface area contributed by atoms with Crippen molar-refractivity contribution in [1.29, 1.82) is 5.26 Å². The molecule has 1 saturated heterocycles. The first-order chi connectivity index (χ1) is 11.1. The third-order valence-electron chi connectivity index (χ3n) is 4.75. The van der Waals surface area contributed by atoms with E-state index >= 15 is 0 Å². The van der Waals surface area contributed by atoms with Crippen molar-refractivity contribution in [2.24, 2.45) is 5.73 Å². The van der Waals surface area contributed by atoms with Gasteiger partial charge in [-0.3, -0.25) is 4.79 Å². The van der Waals surface area contributed by atoms with E-state index in [2.05, 4.69) is 11.0 Å². The van der Waals surface area contributed by atoms with E-state index in [1.54, 1.807) is 6.07 Å². The minimum atomic E-state index is 0.0869. The molecule has 0 radical (unpaired) electrons. The van der Waals surface area contributed by atoms with E-state index in [4.69, 9.17) is 11.0 Å². The quantitative estimate of drug-likeness (QED) is 0.892. The number of amides is 1. The molecule has 1 aromatic carbocycles. The molecular formula is C17H23N5O. The lowest BCUT2D eigenvalue weighted by atomic mass is 10.1. The summed E-state index contributed by atoms with van der Waals surface area (Å²) in [4.78, 5) is 18.6. The van der Waals surface area contributed by atoms with Crippen LogP contribution in [0.3, 0.4) is 0 Å². The Morgan fingerprint density at radius 3 is 2.70 bits per heavy atom. The smallest absolute Gasteiger partial charge is 0.246 e. The highest BCUT2D eigenvalue weighted by Crippen LogP contribution is 2.33. The zero-order valence-corrected chi connectivity index (χ0v) is 13.5. The Morgan fingerprint density at radius 1 is 1.26 bits per heavy atom. The van der Waals surface area contributed by atoms with Gasteiger partial charge in [0, 0.05) is 26.2 Å². The second-order valence-electron chi connectivity index (χ2n) is 6.40. The van der Waals surface area contributed by atoms with Crippen molar-refractivity contribution in [3.05, 3.63) is 23.8 Å². The lowest BCUT2D eigenvalue weighted by molar-refractivity contribution is -0.117. The van der Waals surface area contributed by atoms with Crippen LogP contribution in [0.15, 0.2) is 18.2 Å². The van der Waals surface area contributed by atoms with Gasteiger partial charge < -0.3 is 20.4 Å². The fraction of sp³-hybridized carbons (Fsp3) is 0.529. The second-order valence-corrected chi connectivity index (χ2v) is 6.40. The summed E-state index contributed by atoms with van der Waals surface area (Å²) >= 11 is 0. The van der Waals surface area contributed by atoms with Crippen LogP contribution in [0, 0.1) is 11.3 Å². The third-order valence-corrected chi connectivity index (χ3v) is 4.75. The number of anilines is 2. The molecule has 23 heavy (non-hydrogen) atoms. The minimum Gasteiger partial charge on any atom is -0.364 e. The Kier molecular flexibility index (Phi) is 4.51. The van der Waals surface area contributed by atoms with Crippen LogP contribution in [0.1, 0.15) is 18.4 Å². The molecule has 2 N–H and O–H groups in total. The number of nitrogens with two attached hydrogens (primary N) is 1.